The first-order valence-electron chi connectivity index (χ1n) is 5.40. The molecule has 0 spiro atoms. The molecule has 0 unspecified atom stereocenters. The lowest BCUT2D eigenvalue weighted by Crippen LogP contribution is -2.30. The van der Waals surface area contributed by atoms with Gasteiger partial charge in [0.15, 0.2) is 0 Å². The second-order valence-electron chi connectivity index (χ2n) is 4.00. The number of halogens is 1. The summed E-state index contributed by atoms with van der Waals surface area (Å²) in [5.41, 5.74) is 1.13. The molecule has 3 nitrogen and oxygen atoms in total. The van der Waals surface area contributed by atoms with Gasteiger partial charge in [0.25, 0.3) is 0 Å². The van der Waals surface area contributed by atoms with Crippen LogP contribution in [0.25, 0.3) is 0 Å². The molecule has 4 heteroatoms. The van der Waals surface area contributed by atoms with E-state index < -0.39 is 0 Å². The van der Waals surface area contributed by atoms with Crippen LogP contribution in [0, 0.1) is 6.92 Å². The van der Waals surface area contributed by atoms with Crippen LogP contribution in [-0.2, 0) is 0 Å². The van der Waals surface area contributed by atoms with Gasteiger partial charge in [0.1, 0.15) is 5.75 Å². The van der Waals surface area contributed by atoms with Crippen molar-refractivity contribution in [1.29, 1.82) is 0 Å². The fraction of sp³-hybridized carbons (Fsp3) is 0.417. The summed E-state index contributed by atoms with van der Waals surface area (Å²) < 4.78 is 6.14. The Kier molecular flexibility index (Phi) is 3.49. The summed E-state index contributed by atoms with van der Waals surface area (Å²) in [7, 11) is 0. The third-order valence-electron chi connectivity index (χ3n) is 2.65. The van der Waals surface area contributed by atoms with E-state index in [0.717, 1.165) is 36.0 Å². The molecule has 1 aromatic carbocycles. The highest BCUT2D eigenvalue weighted by Crippen LogP contribution is 2.26. The van der Waals surface area contributed by atoms with Gasteiger partial charge in [-0.05, 0) is 53.4 Å². The average molecular weight is 284 g/mol. The van der Waals surface area contributed by atoms with Gasteiger partial charge in [0.05, 0.1) is 4.47 Å². The molecule has 0 aliphatic carbocycles. The summed E-state index contributed by atoms with van der Waals surface area (Å²) >= 11 is 3.39. The van der Waals surface area contributed by atoms with Crippen LogP contribution in [-0.4, -0.2) is 24.1 Å². The van der Waals surface area contributed by atoms with E-state index in [1.807, 2.05) is 25.1 Å². The number of hydrogen-bond donors (Lipinski definition) is 0. The van der Waals surface area contributed by atoms with E-state index >= 15 is 0 Å². The lowest BCUT2D eigenvalue weighted by Gasteiger charge is -2.15. The monoisotopic (exact) mass is 283 g/mol. The van der Waals surface area contributed by atoms with Gasteiger partial charge in [-0.3, -0.25) is 0 Å². The molecular weight excluding hydrogens is 270 g/mol. The van der Waals surface area contributed by atoms with Crippen molar-refractivity contribution in [3.05, 3.63) is 28.2 Å². The number of benzene rings is 1. The molecule has 0 saturated carbocycles. The highest BCUT2D eigenvalue weighted by atomic mass is 79.9. The van der Waals surface area contributed by atoms with E-state index in [-0.39, 0.29) is 6.09 Å². The van der Waals surface area contributed by atoms with Gasteiger partial charge in [-0.2, -0.15) is 0 Å². The molecule has 0 atom stereocenters. The van der Waals surface area contributed by atoms with Gasteiger partial charge in [-0.25, -0.2) is 4.79 Å². The fourth-order valence-corrected chi connectivity index (χ4v) is 2.32. The summed E-state index contributed by atoms with van der Waals surface area (Å²) in [4.78, 5) is 13.5. The lowest BCUT2D eigenvalue weighted by molar-refractivity contribution is 0.162. The minimum atomic E-state index is -0.248. The lowest BCUT2D eigenvalue weighted by atomic mass is 10.2. The third-order valence-corrected chi connectivity index (χ3v) is 3.27. The van der Waals surface area contributed by atoms with Crippen LogP contribution in [0.3, 0.4) is 0 Å². The van der Waals surface area contributed by atoms with Crippen LogP contribution in [0.2, 0.25) is 0 Å². The molecule has 86 valence electrons. The minimum Gasteiger partial charge on any atom is -0.409 e. The number of nitrogens with zero attached hydrogens (tertiary/aromatic N) is 1. The Balaban J connectivity index is 2.05. The summed E-state index contributed by atoms with van der Waals surface area (Å²) in [5.74, 6) is 0.586. The molecule has 1 fully saturated rings. The Labute approximate surface area is 104 Å². The molecule has 0 bridgehead atoms. The Hall–Kier alpha value is -1.03. The molecule has 0 aromatic heterocycles. The zero-order chi connectivity index (χ0) is 11.5. The normalized spacial score (nSPS) is 15.2. The van der Waals surface area contributed by atoms with Gasteiger partial charge in [0, 0.05) is 13.1 Å². The summed E-state index contributed by atoms with van der Waals surface area (Å²) in [6.07, 6.45) is 1.90. The quantitative estimate of drug-likeness (QED) is 0.791. The number of rotatable bonds is 1. The van der Waals surface area contributed by atoms with Crippen LogP contribution < -0.4 is 4.74 Å². The van der Waals surface area contributed by atoms with E-state index in [1.54, 1.807) is 4.90 Å². The predicted molar refractivity (Wildman–Crippen MR) is 65.7 cm³/mol. The molecule has 1 amide bonds. The van der Waals surface area contributed by atoms with E-state index in [9.17, 15) is 4.79 Å². The first kappa shape index (κ1) is 11.5. The number of amides is 1. The van der Waals surface area contributed by atoms with E-state index in [0.29, 0.717) is 5.75 Å². The van der Waals surface area contributed by atoms with Gasteiger partial charge < -0.3 is 9.64 Å². The first-order valence-corrected chi connectivity index (χ1v) is 6.19. The van der Waals surface area contributed by atoms with Crippen LogP contribution in [0.15, 0.2) is 22.7 Å². The van der Waals surface area contributed by atoms with Crippen molar-refractivity contribution in [3.63, 3.8) is 0 Å². The van der Waals surface area contributed by atoms with Crippen molar-refractivity contribution in [2.75, 3.05) is 13.1 Å². The molecule has 1 aliphatic heterocycles. The van der Waals surface area contributed by atoms with Crippen molar-refractivity contribution in [2.24, 2.45) is 0 Å². The van der Waals surface area contributed by atoms with E-state index in [1.165, 1.54) is 0 Å². The molecule has 1 heterocycles. The van der Waals surface area contributed by atoms with E-state index in [4.69, 9.17) is 4.74 Å². The SMILES string of the molecule is Cc1ccc(OC(=O)N2CCCC2)c(Br)c1. The summed E-state index contributed by atoms with van der Waals surface area (Å²) in [5, 5.41) is 0. The largest absolute Gasteiger partial charge is 0.415 e. The average Bonchev–Trinajstić information content (AvgIpc) is 2.75. The van der Waals surface area contributed by atoms with Crippen molar-refractivity contribution in [2.45, 2.75) is 19.8 Å². The second kappa shape index (κ2) is 4.87. The predicted octanol–water partition coefficient (Wildman–Crippen LogP) is 3.35. The van der Waals surface area contributed by atoms with Gasteiger partial charge in [-0.1, -0.05) is 6.07 Å². The van der Waals surface area contributed by atoms with Gasteiger partial charge in [0.2, 0.25) is 0 Å². The standard InChI is InChI=1S/C12H14BrNO2/c1-9-4-5-11(10(13)8-9)16-12(15)14-6-2-3-7-14/h4-5,8H,2-3,6-7H2,1H3. The number of likely N-dealkylation sites (tertiary alicyclic amines) is 1. The van der Waals surface area contributed by atoms with E-state index in [2.05, 4.69) is 15.9 Å². The topological polar surface area (TPSA) is 29.5 Å². The first-order chi connectivity index (χ1) is 7.66. The smallest absolute Gasteiger partial charge is 0.409 e. The molecular formula is C12H14BrNO2. The highest BCUT2D eigenvalue weighted by Gasteiger charge is 2.20. The van der Waals surface area contributed by atoms with Crippen molar-refractivity contribution in [1.82, 2.24) is 4.90 Å². The summed E-state index contributed by atoms with van der Waals surface area (Å²) in [6, 6.07) is 5.68. The molecule has 0 N–H and O–H groups in total. The molecule has 0 radical (unpaired) electrons. The fourth-order valence-electron chi connectivity index (χ4n) is 1.75. The number of hydrogen-bond acceptors (Lipinski definition) is 2. The Morgan fingerprint density at radius 3 is 2.69 bits per heavy atom. The Morgan fingerprint density at radius 2 is 2.06 bits per heavy atom. The highest BCUT2D eigenvalue weighted by molar-refractivity contribution is 9.10. The van der Waals surface area contributed by atoms with Crippen LogP contribution in [0.4, 0.5) is 4.79 Å². The zero-order valence-corrected chi connectivity index (χ0v) is 10.8. The van der Waals surface area contributed by atoms with Crippen molar-refractivity contribution < 1.29 is 9.53 Å². The maximum atomic E-state index is 11.7. The van der Waals surface area contributed by atoms with Crippen molar-refractivity contribution in [3.8, 4) is 5.75 Å². The maximum absolute atomic E-state index is 11.7. The zero-order valence-electron chi connectivity index (χ0n) is 9.20. The summed E-state index contributed by atoms with van der Waals surface area (Å²) in [6.45, 7) is 3.61. The minimum absolute atomic E-state index is 0.248. The molecule has 16 heavy (non-hydrogen) atoms. The van der Waals surface area contributed by atoms with Crippen LogP contribution in [0.5, 0.6) is 5.75 Å². The molecule has 2 rings (SSSR count). The molecule has 1 saturated heterocycles. The Morgan fingerprint density at radius 1 is 1.38 bits per heavy atom. The van der Waals surface area contributed by atoms with Gasteiger partial charge >= 0.3 is 6.09 Å². The molecule has 1 aromatic rings. The molecule has 1 aliphatic rings. The number of ether oxygens (including phenoxy) is 1. The maximum Gasteiger partial charge on any atom is 0.415 e. The third kappa shape index (κ3) is 2.55. The van der Waals surface area contributed by atoms with Gasteiger partial charge in [-0.15, -0.1) is 0 Å². The number of carbonyl (C=O) groups is 1. The van der Waals surface area contributed by atoms with Crippen LogP contribution in [0.1, 0.15) is 18.4 Å². The van der Waals surface area contributed by atoms with Crippen molar-refractivity contribution >= 4 is 22.0 Å². The second-order valence-corrected chi connectivity index (χ2v) is 4.85. The Bertz CT molecular complexity index is 400. The van der Waals surface area contributed by atoms with Crippen LogP contribution >= 0.6 is 15.9 Å². The number of carbonyl (C=O) groups excluding carboxylic acids is 1. The number of aryl methyl sites for hydroxylation is 1.